The Hall–Kier alpha value is -3.94. The van der Waals surface area contributed by atoms with Crippen LogP contribution in [0, 0.1) is 0 Å². The van der Waals surface area contributed by atoms with Crippen LogP contribution in [-0.2, 0) is 13.1 Å². The number of ether oxygens (including phenoxy) is 3. The van der Waals surface area contributed by atoms with Gasteiger partial charge < -0.3 is 19.1 Å². The highest BCUT2D eigenvalue weighted by Crippen LogP contribution is 2.33. The third-order valence-electron chi connectivity index (χ3n) is 8.71. The summed E-state index contributed by atoms with van der Waals surface area (Å²) in [5.41, 5.74) is 7.98. The molecule has 2 heterocycles. The average Bonchev–Trinajstić information content (AvgIpc) is 3.11. The number of likely N-dealkylation sites (tertiary alicyclic amines) is 1. The molecule has 0 amide bonds. The molecule has 0 bridgehead atoms. The molecule has 6 rings (SSSR count). The highest BCUT2D eigenvalue weighted by atomic mass is 35.5. The Balaban J connectivity index is 0.00000208. The Morgan fingerprint density at radius 2 is 1.31 bits per heavy atom. The van der Waals surface area contributed by atoms with Crippen LogP contribution in [-0.4, -0.2) is 50.3 Å². The summed E-state index contributed by atoms with van der Waals surface area (Å²) >= 11 is 0. The first-order valence-electron chi connectivity index (χ1n) is 15.6. The van der Waals surface area contributed by atoms with Gasteiger partial charge in [0.15, 0.2) is 0 Å². The summed E-state index contributed by atoms with van der Waals surface area (Å²) in [6, 6.07) is 38.3. The fourth-order valence-electron chi connectivity index (χ4n) is 6.35. The SMILES string of the molecule is COc1ccc(N(Cc2ccnc(-c3ccccc3OC)c2)C2CCN(Cc3cccc(-c4ccccc4OC)c3)CC2)cc1.Cl.Cl.Cl. The van der Waals surface area contributed by atoms with Crippen molar-refractivity contribution >= 4 is 42.9 Å². The molecule has 0 atom stereocenters. The van der Waals surface area contributed by atoms with Gasteiger partial charge in [-0.3, -0.25) is 9.88 Å². The molecule has 1 aliphatic rings. The monoisotopic (exact) mass is 707 g/mol. The molecule has 1 saturated heterocycles. The lowest BCUT2D eigenvalue weighted by atomic mass is 9.99. The smallest absolute Gasteiger partial charge is 0.128 e. The van der Waals surface area contributed by atoms with Crippen LogP contribution in [0.1, 0.15) is 24.0 Å². The lowest BCUT2D eigenvalue weighted by Gasteiger charge is -2.40. The molecule has 0 spiro atoms. The van der Waals surface area contributed by atoms with Crippen molar-refractivity contribution in [3.05, 3.63) is 127 Å². The molecular weight excluding hydrogens is 665 g/mol. The zero-order valence-corrected chi connectivity index (χ0v) is 30.0. The van der Waals surface area contributed by atoms with Gasteiger partial charge in [-0.25, -0.2) is 0 Å². The van der Waals surface area contributed by atoms with Gasteiger partial charge in [-0.15, -0.1) is 37.2 Å². The molecule has 0 unspecified atom stereocenters. The van der Waals surface area contributed by atoms with E-state index < -0.39 is 0 Å². The quantitative estimate of drug-likeness (QED) is 0.136. The molecule has 9 heteroatoms. The van der Waals surface area contributed by atoms with E-state index in [1.54, 1.807) is 21.3 Å². The molecule has 4 aromatic carbocycles. The Labute approximate surface area is 303 Å². The topological polar surface area (TPSA) is 47.1 Å². The highest BCUT2D eigenvalue weighted by molar-refractivity contribution is 5.86. The van der Waals surface area contributed by atoms with Crippen molar-refractivity contribution in [2.45, 2.75) is 32.0 Å². The molecule has 254 valence electrons. The van der Waals surface area contributed by atoms with Crippen molar-refractivity contribution in [3.63, 3.8) is 0 Å². The predicted molar refractivity (Wildman–Crippen MR) is 204 cm³/mol. The number of benzene rings is 4. The summed E-state index contributed by atoms with van der Waals surface area (Å²) in [6.07, 6.45) is 4.08. The molecule has 5 aromatic rings. The lowest BCUT2D eigenvalue weighted by molar-refractivity contribution is 0.201. The number of rotatable bonds is 11. The van der Waals surface area contributed by atoms with Gasteiger partial charge in [-0.05, 0) is 90.2 Å². The number of piperidine rings is 1. The maximum Gasteiger partial charge on any atom is 0.128 e. The van der Waals surface area contributed by atoms with Crippen LogP contribution in [0.15, 0.2) is 115 Å². The van der Waals surface area contributed by atoms with E-state index in [1.807, 2.05) is 36.5 Å². The number of nitrogens with zero attached hydrogens (tertiary/aromatic N) is 3. The normalized spacial score (nSPS) is 12.9. The van der Waals surface area contributed by atoms with Crippen LogP contribution in [0.25, 0.3) is 22.4 Å². The molecule has 1 aromatic heterocycles. The zero-order valence-electron chi connectivity index (χ0n) is 27.6. The first kappa shape index (κ1) is 38.5. The van der Waals surface area contributed by atoms with Crippen molar-refractivity contribution < 1.29 is 14.2 Å². The van der Waals surface area contributed by atoms with Crippen molar-refractivity contribution in [2.75, 3.05) is 39.3 Å². The number of aromatic nitrogens is 1. The summed E-state index contributed by atoms with van der Waals surface area (Å²) in [6.45, 7) is 3.81. The summed E-state index contributed by atoms with van der Waals surface area (Å²) in [4.78, 5) is 9.83. The number of para-hydroxylation sites is 2. The molecule has 0 aliphatic carbocycles. The van der Waals surface area contributed by atoms with Crippen LogP contribution in [0.3, 0.4) is 0 Å². The maximum atomic E-state index is 5.63. The molecule has 6 nitrogen and oxygen atoms in total. The summed E-state index contributed by atoms with van der Waals surface area (Å²) in [5, 5.41) is 0. The standard InChI is InChI=1S/C39H41N3O3.3ClH/c1-43-34-17-15-32(16-18-34)42(28-30-19-22-40-37(26-30)36-12-5-7-14-39(36)45-3)33-20-23-41(24-21-33)27-29-9-8-10-31(25-29)35-11-4-6-13-38(35)44-2;;;/h4-19,22,25-26,33H,20-21,23-24,27-28H2,1-3H3;3*1H. The van der Waals surface area contributed by atoms with Crippen LogP contribution in [0.5, 0.6) is 17.2 Å². The second-order valence-electron chi connectivity index (χ2n) is 11.5. The van der Waals surface area contributed by atoms with Crippen LogP contribution in [0.4, 0.5) is 5.69 Å². The fraction of sp³-hybridized carbons (Fsp3) is 0.256. The van der Waals surface area contributed by atoms with Crippen molar-refractivity contribution in [3.8, 4) is 39.6 Å². The third-order valence-corrected chi connectivity index (χ3v) is 8.71. The van der Waals surface area contributed by atoms with Crippen molar-refractivity contribution in [1.29, 1.82) is 0 Å². The summed E-state index contributed by atoms with van der Waals surface area (Å²) in [5.74, 6) is 2.60. The molecule has 1 aliphatic heterocycles. The lowest BCUT2D eigenvalue weighted by Crippen LogP contribution is -2.44. The van der Waals surface area contributed by atoms with E-state index in [4.69, 9.17) is 14.2 Å². The van der Waals surface area contributed by atoms with Crippen molar-refractivity contribution in [1.82, 2.24) is 9.88 Å². The second kappa shape index (κ2) is 18.6. The van der Waals surface area contributed by atoms with Gasteiger partial charge >= 0.3 is 0 Å². The molecule has 0 N–H and O–H groups in total. The number of methoxy groups -OCH3 is 3. The predicted octanol–water partition coefficient (Wildman–Crippen LogP) is 9.38. The van der Waals surface area contributed by atoms with E-state index in [0.29, 0.717) is 6.04 Å². The molecule has 1 fully saturated rings. The minimum Gasteiger partial charge on any atom is -0.497 e. The maximum absolute atomic E-state index is 5.63. The van der Waals surface area contributed by atoms with E-state index in [-0.39, 0.29) is 37.2 Å². The Morgan fingerprint density at radius 3 is 1.98 bits per heavy atom. The zero-order chi connectivity index (χ0) is 31.0. The molecule has 0 saturated carbocycles. The van der Waals surface area contributed by atoms with Crippen LogP contribution < -0.4 is 19.1 Å². The van der Waals surface area contributed by atoms with E-state index in [1.165, 1.54) is 22.4 Å². The molecule has 48 heavy (non-hydrogen) atoms. The van der Waals surface area contributed by atoms with E-state index in [0.717, 1.165) is 73.1 Å². The number of halogens is 3. The second-order valence-corrected chi connectivity index (χ2v) is 11.5. The van der Waals surface area contributed by atoms with Gasteiger partial charge in [-0.1, -0.05) is 48.5 Å². The minimum atomic E-state index is 0. The fourth-order valence-corrected chi connectivity index (χ4v) is 6.35. The number of hydrogen-bond acceptors (Lipinski definition) is 6. The van der Waals surface area contributed by atoms with Gasteiger partial charge in [0.05, 0.1) is 27.0 Å². The van der Waals surface area contributed by atoms with Crippen LogP contribution in [0.2, 0.25) is 0 Å². The minimum absolute atomic E-state index is 0. The largest absolute Gasteiger partial charge is 0.497 e. The van der Waals surface area contributed by atoms with Gasteiger partial charge in [0.25, 0.3) is 0 Å². The van der Waals surface area contributed by atoms with Gasteiger partial charge in [-0.2, -0.15) is 0 Å². The van der Waals surface area contributed by atoms with E-state index >= 15 is 0 Å². The molecular formula is C39H44Cl3N3O3. The number of pyridine rings is 1. The highest BCUT2D eigenvalue weighted by Gasteiger charge is 2.26. The Kier molecular flexibility index (Phi) is 14.9. The van der Waals surface area contributed by atoms with E-state index in [2.05, 4.69) is 93.6 Å². The number of hydrogen-bond donors (Lipinski definition) is 0. The number of anilines is 1. The molecule has 0 radical (unpaired) electrons. The van der Waals surface area contributed by atoms with Gasteiger partial charge in [0, 0.05) is 55.2 Å². The summed E-state index contributed by atoms with van der Waals surface area (Å²) < 4.78 is 16.7. The Bertz CT molecular complexity index is 1710. The average molecular weight is 709 g/mol. The van der Waals surface area contributed by atoms with E-state index in [9.17, 15) is 0 Å². The van der Waals surface area contributed by atoms with Crippen molar-refractivity contribution in [2.24, 2.45) is 0 Å². The summed E-state index contributed by atoms with van der Waals surface area (Å²) in [7, 11) is 5.15. The third kappa shape index (κ3) is 9.14. The first-order valence-corrected chi connectivity index (χ1v) is 15.6. The first-order chi connectivity index (χ1) is 22.1. The van der Waals surface area contributed by atoms with Gasteiger partial charge in [0.2, 0.25) is 0 Å². The Morgan fingerprint density at radius 1 is 0.667 bits per heavy atom. The van der Waals surface area contributed by atoms with Crippen LogP contribution >= 0.6 is 37.2 Å². The van der Waals surface area contributed by atoms with Gasteiger partial charge in [0.1, 0.15) is 17.2 Å².